The lowest BCUT2D eigenvalue weighted by Crippen LogP contribution is -2.13. The number of fused-ring (bicyclic) bond motifs is 1. The fourth-order valence-corrected chi connectivity index (χ4v) is 1.83. The zero-order valence-electron chi connectivity index (χ0n) is 9.28. The highest BCUT2D eigenvalue weighted by molar-refractivity contribution is 6.03. The van der Waals surface area contributed by atoms with Gasteiger partial charge < -0.3 is 15.8 Å². The summed E-state index contributed by atoms with van der Waals surface area (Å²) in [6.07, 6.45) is 0. The van der Waals surface area contributed by atoms with Gasteiger partial charge in [0, 0.05) is 16.5 Å². The Hall–Kier alpha value is -2.14. The quantitative estimate of drug-likeness (QED) is 0.695. The summed E-state index contributed by atoms with van der Waals surface area (Å²) >= 11 is 0. The zero-order valence-corrected chi connectivity index (χ0v) is 9.28. The fourth-order valence-electron chi connectivity index (χ4n) is 1.83. The van der Waals surface area contributed by atoms with Gasteiger partial charge in [0.05, 0.1) is 6.54 Å². The lowest BCUT2D eigenvalue weighted by Gasteiger charge is -1.98. The van der Waals surface area contributed by atoms with Crippen LogP contribution in [-0.4, -0.2) is 28.4 Å². The van der Waals surface area contributed by atoms with Crippen LogP contribution < -0.4 is 5.73 Å². The summed E-state index contributed by atoms with van der Waals surface area (Å²) in [4.78, 5) is 25.2. The number of carbonyl (C=O) groups is 2. The average Bonchev–Trinajstić information content (AvgIpc) is 2.65. The summed E-state index contributed by atoms with van der Waals surface area (Å²) in [5, 5.41) is 9.71. The number of benzene rings is 1. The van der Waals surface area contributed by atoms with Crippen molar-refractivity contribution in [2.24, 2.45) is 5.73 Å². The maximum absolute atomic E-state index is 11.5. The summed E-state index contributed by atoms with van der Waals surface area (Å²) in [7, 11) is 0. The van der Waals surface area contributed by atoms with Crippen molar-refractivity contribution in [1.29, 1.82) is 0 Å². The molecule has 0 spiro atoms. The minimum Gasteiger partial charge on any atom is -0.477 e. The fraction of sp³-hybridized carbons (Fsp3) is 0.167. The van der Waals surface area contributed by atoms with Crippen LogP contribution in [0.5, 0.6) is 0 Å². The van der Waals surface area contributed by atoms with E-state index < -0.39 is 5.97 Å². The minimum absolute atomic E-state index is 0.0548. The van der Waals surface area contributed by atoms with Crippen LogP contribution in [-0.2, 0) is 0 Å². The van der Waals surface area contributed by atoms with Gasteiger partial charge in [-0.3, -0.25) is 4.79 Å². The van der Waals surface area contributed by atoms with Crippen molar-refractivity contribution in [2.45, 2.75) is 6.92 Å². The first-order valence-corrected chi connectivity index (χ1v) is 5.13. The Morgan fingerprint density at radius 1 is 1.41 bits per heavy atom. The molecule has 1 heterocycles. The Balaban J connectivity index is 2.65. The minimum atomic E-state index is -1.01. The second kappa shape index (κ2) is 4.03. The molecule has 88 valence electrons. The number of carbonyl (C=O) groups excluding carboxylic acids is 1. The van der Waals surface area contributed by atoms with Gasteiger partial charge in [0.15, 0.2) is 5.78 Å². The Bertz CT molecular complexity index is 613. The second-order valence-corrected chi connectivity index (χ2v) is 3.82. The highest BCUT2D eigenvalue weighted by atomic mass is 16.4. The van der Waals surface area contributed by atoms with Crippen LogP contribution >= 0.6 is 0 Å². The van der Waals surface area contributed by atoms with Crippen molar-refractivity contribution in [3.63, 3.8) is 0 Å². The summed E-state index contributed by atoms with van der Waals surface area (Å²) in [5.41, 5.74) is 7.26. The van der Waals surface area contributed by atoms with Gasteiger partial charge in [-0.1, -0.05) is 0 Å². The highest BCUT2D eigenvalue weighted by Crippen LogP contribution is 2.23. The van der Waals surface area contributed by atoms with E-state index >= 15 is 0 Å². The number of hydrogen-bond donors (Lipinski definition) is 3. The summed E-state index contributed by atoms with van der Waals surface area (Å²) < 4.78 is 0. The third kappa shape index (κ3) is 1.81. The van der Waals surface area contributed by atoms with Gasteiger partial charge in [-0.05, 0) is 30.7 Å². The monoisotopic (exact) mass is 232 g/mol. The number of rotatable bonds is 3. The standard InChI is InChI=1S/C12H12N2O3/c1-6-8-4-7(10(15)5-13)2-3-9(8)14-11(6)12(16)17/h2-4,14H,5,13H2,1H3,(H,16,17). The van der Waals surface area contributed by atoms with Crippen molar-refractivity contribution < 1.29 is 14.7 Å². The number of ketones is 1. The van der Waals surface area contributed by atoms with Crippen LogP contribution in [0.1, 0.15) is 26.4 Å². The molecule has 0 unspecified atom stereocenters. The van der Waals surface area contributed by atoms with E-state index in [1.807, 2.05) is 0 Å². The van der Waals surface area contributed by atoms with Crippen molar-refractivity contribution >= 4 is 22.7 Å². The number of Topliss-reactive ketones (excluding diaryl/α,β-unsaturated/α-hetero) is 1. The first-order chi connectivity index (χ1) is 8.04. The molecule has 0 atom stereocenters. The number of nitrogens with one attached hydrogen (secondary N) is 1. The van der Waals surface area contributed by atoms with Gasteiger partial charge in [0.25, 0.3) is 0 Å². The van der Waals surface area contributed by atoms with Gasteiger partial charge in [-0.25, -0.2) is 4.79 Å². The van der Waals surface area contributed by atoms with Crippen molar-refractivity contribution in [3.8, 4) is 0 Å². The number of carboxylic acids is 1. The smallest absolute Gasteiger partial charge is 0.352 e. The van der Waals surface area contributed by atoms with E-state index in [9.17, 15) is 9.59 Å². The molecular formula is C12H12N2O3. The SMILES string of the molecule is Cc1c(C(=O)O)[nH]c2ccc(C(=O)CN)cc12. The topological polar surface area (TPSA) is 96.2 Å². The first-order valence-electron chi connectivity index (χ1n) is 5.13. The van der Waals surface area contributed by atoms with E-state index in [1.54, 1.807) is 25.1 Å². The Kier molecular flexibility index (Phi) is 2.69. The highest BCUT2D eigenvalue weighted by Gasteiger charge is 2.14. The number of nitrogens with two attached hydrogens (primary N) is 1. The molecule has 0 fully saturated rings. The van der Waals surface area contributed by atoms with E-state index in [-0.39, 0.29) is 18.0 Å². The molecule has 4 N–H and O–H groups in total. The predicted molar refractivity (Wildman–Crippen MR) is 63.4 cm³/mol. The number of H-pyrrole nitrogens is 1. The van der Waals surface area contributed by atoms with Crippen molar-refractivity contribution in [3.05, 3.63) is 35.0 Å². The molecule has 1 aromatic heterocycles. The number of aromatic nitrogens is 1. The van der Waals surface area contributed by atoms with Crippen LogP contribution in [0.2, 0.25) is 0 Å². The normalized spacial score (nSPS) is 10.7. The van der Waals surface area contributed by atoms with Crippen LogP contribution in [0.4, 0.5) is 0 Å². The first kappa shape index (κ1) is 11.3. The molecule has 0 bridgehead atoms. The van der Waals surface area contributed by atoms with Crippen LogP contribution in [0.3, 0.4) is 0 Å². The van der Waals surface area contributed by atoms with Gasteiger partial charge >= 0.3 is 5.97 Å². The Labute approximate surface area is 97.2 Å². The van der Waals surface area contributed by atoms with E-state index in [2.05, 4.69) is 4.98 Å². The third-order valence-electron chi connectivity index (χ3n) is 2.78. The molecule has 17 heavy (non-hydrogen) atoms. The van der Waals surface area contributed by atoms with Crippen LogP contribution in [0.25, 0.3) is 10.9 Å². The van der Waals surface area contributed by atoms with E-state index in [0.717, 1.165) is 5.39 Å². The van der Waals surface area contributed by atoms with Gasteiger partial charge in [0.1, 0.15) is 5.69 Å². The molecule has 0 radical (unpaired) electrons. The predicted octanol–water partition coefficient (Wildman–Crippen LogP) is 1.32. The molecular weight excluding hydrogens is 220 g/mol. The largest absolute Gasteiger partial charge is 0.477 e. The molecule has 0 aliphatic heterocycles. The van der Waals surface area contributed by atoms with Gasteiger partial charge in [-0.15, -0.1) is 0 Å². The van der Waals surface area contributed by atoms with Crippen molar-refractivity contribution in [2.75, 3.05) is 6.54 Å². The molecule has 5 nitrogen and oxygen atoms in total. The number of aryl methyl sites for hydroxylation is 1. The zero-order chi connectivity index (χ0) is 12.6. The van der Waals surface area contributed by atoms with Crippen molar-refractivity contribution in [1.82, 2.24) is 4.98 Å². The number of aromatic amines is 1. The van der Waals surface area contributed by atoms with Crippen LogP contribution in [0.15, 0.2) is 18.2 Å². The summed E-state index contributed by atoms with van der Waals surface area (Å²) in [6.45, 7) is 1.65. The van der Waals surface area contributed by atoms with Gasteiger partial charge in [-0.2, -0.15) is 0 Å². The summed E-state index contributed by atoms with van der Waals surface area (Å²) in [5.74, 6) is -1.17. The average molecular weight is 232 g/mol. The molecule has 5 heteroatoms. The molecule has 0 saturated carbocycles. The maximum atomic E-state index is 11.5. The molecule has 2 rings (SSSR count). The van der Waals surface area contributed by atoms with E-state index in [1.165, 1.54) is 0 Å². The molecule has 1 aromatic carbocycles. The van der Waals surface area contributed by atoms with Crippen LogP contribution in [0, 0.1) is 6.92 Å². The molecule has 0 aliphatic carbocycles. The Morgan fingerprint density at radius 2 is 2.12 bits per heavy atom. The van der Waals surface area contributed by atoms with E-state index in [4.69, 9.17) is 10.8 Å². The maximum Gasteiger partial charge on any atom is 0.352 e. The molecule has 0 saturated heterocycles. The lowest BCUT2D eigenvalue weighted by atomic mass is 10.1. The Morgan fingerprint density at radius 3 is 2.71 bits per heavy atom. The number of hydrogen-bond acceptors (Lipinski definition) is 3. The summed E-state index contributed by atoms with van der Waals surface area (Å²) in [6, 6.07) is 5.00. The molecule has 0 aliphatic rings. The molecule has 2 aromatic rings. The van der Waals surface area contributed by atoms with Gasteiger partial charge in [0.2, 0.25) is 0 Å². The molecule has 0 amide bonds. The second-order valence-electron chi connectivity index (χ2n) is 3.82. The number of aromatic carboxylic acids is 1. The van der Waals surface area contributed by atoms with E-state index in [0.29, 0.717) is 16.6 Å². The third-order valence-corrected chi connectivity index (χ3v) is 2.78. The lowest BCUT2D eigenvalue weighted by molar-refractivity contribution is 0.0690. The number of carboxylic acid groups (broad SMARTS) is 1.